The van der Waals surface area contributed by atoms with E-state index in [-0.39, 0.29) is 17.8 Å². The molecule has 0 aromatic heterocycles. The van der Waals surface area contributed by atoms with Crippen molar-refractivity contribution in [1.29, 1.82) is 0 Å². The molecular formula is C14H20N2O3. The van der Waals surface area contributed by atoms with Crippen LogP contribution in [-0.4, -0.2) is 43.4 Å². The van der Waals surface area contributed by atoms with Crippen molar-refractivity contribution in [3.05, 3.63) is 29.8 Å². The molecule has 1 aliphatic heterocycles. The lowest BCUT2D eigenvalue weighted by atomic mass is 10.1. The number of morpholine rings is 1. The second-order valence-corrected chi connectivity index (χ2v) is 4.67. The molecule has 1 aliphatic rings. The first-order valence-corrected chi connectivity index (χ1v) is 6.61. The Hall–Kier alpha value is -1.59. The Morgan fingerprint density at radius 1 is 1.42 bits per heavy atom. The summed E-state index contributed by atoms with van der Waals surface area (Å²) in [4.78, 5) is 11.7. The van der Waals surface area contributed by atoms with Gasteiger partial charge in [0, 0.05) is 19.6 Å². The summed E-state index contributed by atoms with van der Waals surface area (Å²) in [5.74, 6) is 0.280. The molecule has 1 unspecified atom stereocenters. The van der Waals surface area contributed by atoms with Crippen LogP contribution in [-0.2, 0) is 16.0 Å². The molecule has 1 aromatic rings. The summed E-state index contributed by atoms with van der Waals surface area (Å²) in [5, 5.41) is 15.2. The maximum Gasteiger partial charge on any atom is 0.222 e. The second-order valence-electron chi connectivity index (χ2n) is 4.67. The molecule has 3 N–H and O–H groups in total. The van der Waals surface area contributed by atoms with Gasteiger partial charge in [0.05, 0.1) is 19.1 Å². The number of hydrogen-bond acceptors (Lipinski definition) is 4. The summed E-state index contributed by atoms with van der Waals surface area (Å²) in [7, 11) is 0. The van der Waals surface area contributed by atoms with Crippen LogP contribution in [0.3, 0.4) is 0 Å². The average molecular weight is 264 g/mol. The minimum Gasteiger partial charge on any atom is -0.508 e. The second kappa shape index (κ2) is 7.11. The fourth-order valence-corrected chi connectivity index (χ4v) is 2.04. The maximum absolute atomic E-state index is 11.7. The molecule has 1 atom stereocenters. The highest BCUT2D eigenvalue weighted by Gasteiger charge is 2.16. The van der Waals surface area contributed by atoms with Crippen LogP contribution in [0.2, 0.25) is 0 Å². The van der Waals surface area contributed by atoms with Crippen LogP contribution in [0.5, 0.6) is 5.75 Å². The van der Waals surface area contributed by atoms with Crippen molar-refractivity contribution in [3.63, 3.8) is 0 Å². The van der Waals surface area contributed by atoms with Crippen molar-refractivity contribution >= 4 is 5.91 Å². The number of ether oxygens (including phenoxy) is 1. The van der Waals surface area contributed by atoms with Crippen molar-refractivity contribution < 1.29 is 14.6 Å². The molecule has 104 valence electrons. The summed E-state index contributed by atoms with van der Waals surface area (Å²) >= 11 is 0. The highest BCUT2D eigenvalue weighted by molar-refractivity contribution is 5.76. The maximum atomic E-state index is 11.7. The third-order valence-corrected chi connectivity index (χ3v) is 3.09. The van der Waals surface area contributed by atoms with E-state index < -0.39 is 0 Å². The fraction of sp³-hybridized carbons (Fsp3) is 0.500. The standard InChI is InChI=1S/C14H20N2O3/c17-12-3-1-11(2-4-12)5-6-16-14(18)9-13-10-15-7-8-19-13/h1-4,13,15,17H,5-10H2,(H,16,18). The molecule has 19 heavy (non-hydrogen) atoms. The lowest BCUT2D eigenvalue weighted by Gasteiger charge is -2.23. The van der Waals surface area contributed by atoms with Gasteiger partial charge in [0.2, 0.25) is 5.91 Å². The molecule has 1 saturated heterocycles. The zero-order valence-electron chi connectivity index (χ0n) is 10.9. The molecule has 5 nitrogen and oxygen atoms in total. The smallest absolute Gasteiger partial charge is 0.222 e. The monoisotopic (exact) mass is 264 g/mol. The van der Waals surface area contributed by atoms with Crippen molar-refractivity contribution in [2.75, 3.05) is 26.2 Å². The summed E-state index contributed by atoms with van der Waals surface area (Å²) in [6, 6.07) is 7.02. The van der Waals surface area contributed by atoms with E-state index in [1.165, 1.54) is 0 Å². The van der Waals surface area contributed by atoms with Gasteiger partial charge in [0.15, 0.2) is 0 Å². The zero-order valence-corrected chi connectivity index (χ0v) is 10.9. The molecule has 0 aliphatic carbocycles. The Balaban J connectivity index is 1.64. The summed E-state index contributed by atoms with van der Waals surface area (Å²) in [6.45, 7) is 2.87. The Bertz CT molecular complexity index is 400. The summed E-state index contributed by atoms with van der Waals surface area (Å²) in [5.41, 5.74) is 1.09. The minimum absolute atomic E-state index is 0.0116. The van der Waals surface area contributed by atoms with E-state index >= 15 is 0 Å². The molecule has 1 fully saturated rings. The summed E-state index contributed by atoms with van der Waals surface area (Å²) < 4.78 is 5.48. The minimum atomic E-state index is -0.0116. The number of carbonyl (C=O) groups is 1. The lowest BCUT2D eigenvalue weighted by molar-refractivity contribution is -0.124. The quantitative estimate of drug-likeness (QED) is 0.721. The van der Waals surface area contributed by atoms with E-state index in [1.54, 1.807) is 12.1 Å². The van der Waals surface area contributed by atoms with Crippen LogP contribution in [0.15, 0.2) is 24.3 Å². The molecule has 1 heterocycles. The van der Waals surface area contributed by atoms with Gasteiger partial charge in [-0.2, -0.15) is 0 Å². The Morgan fingerprint density at radius 3 is 2.89 bits per heavy atom. The fourth-order valence-electron chi connectivity index (χ4n) is 2.04. The number of phenols is 1. The van der Waals surface area contributed by atoms with Crippen molar-refractivity contribution in [1.82, 2.24) is 10.6 Å². The molecule has 0 spiro atoms. The topological polar surface area (TPSA) is 70.6 Å². The van der Waals surface area contributed by atoms with E-state index in [9.17, 15) is 4.79 Å². The van der Waals surface area contributed by atoms with Gasteiger partial charge >= 0.3 is 0 Å². The van der Waals surface area contributed by atoms with Gasteiger partial charge in [-0.05, 0) is 24.1 Å². The van der Waals surface area contributed by atoms with Crippen molar-refractivity contribution in [3.8, 4) is 5.75 Å². The predicted molar refractivity (Wildman–Crippen MR) is 72.0 cm³/mol. The Labute approximate surface area is 113 Å². The highest BCUT2D eigenvalue weighted by atomic mass is 16.5. The zero-order chi connectivity index (χ0) is 13.5. The van der Waals surface area contributed by atoms with E-state index in [4.69, 9.17) is 9.84 Å². The molecular weight excluding hydrogens is 244 g/mol. The normalized spacial score (nSPS) is 19.1. The van der Waals surface area contributed by atoms with Crippen LogP contribution < -0.4 is 10.6 Å². The Morgan fingerprint density at radius 2 is 2.21 bits per heavy atom. The molecule has 1 amide bonds. The largest absolute Gasteiger partial charge is 0.508 e. The molecule has 2 rings (SSSR count). The van der Waals surface area contributed by atoms with Crippen LogP contribution >= 0.6 is 0 Å². The number of nitrogens with one attached hydrogen (secondary N) is 2. The molecule has 5 heteroatoms. The first kappa shape index (κ1) is 13.8. The Kier molecular flexibility index (Phi) is 5.18. The molecule has 0 radical (unpaired) electrons. The number of amides is 1. The molecule has 0 bridgehead atoms. The van der Waals surface area contributed by atoms with E-state index in [1.807, 2.05) is 12.1 Å². The van der Waals surface area contributed by atoms with Crippen molar-refractivity contribution in [2.24, 2.45) is 0 Å². The number of phenolic OH excluding ortho intramolecular Hbond substituents is 1. The number of hydrogen-bond donors (Lipinski definition) is 3. The first-order valence-electron chi connectivity index (χ1n) is 6.61. The number of carbonyl (C=O) groups excluding carboxylic acids is 1. The average Bonchev–Trinajstić information content (AvgIpc) is 2.42. The number of benzene rings is 1. The third-order valence-electron chi connectivity index (χ3n) is 3.09. The number of aromatic hydroxyl groups is 1. The van der Waals surface area contributed by atoms with E-state index in [0.29, 0.717) is 19.6 Å². The van der Waals surface area contributed by atoms with Gasteiger partial charge in [0.1, 0.15) is 5.75 Å². The SMILES string of the molecule is O=C(CC1CNCCO1)NCCc1ccc(O)cc1. The van der Waals surface area contributed by atoms with Crippen molar-refractivity contribution in [2.45, 2.75) is 18.9 Å². The summed E-state index contributed by atoms with van der Waals surface area (Å²) in [6.07, 6.45) is 1.15. The molecule has 1 aromatic carbocycles. The van der Waals surface area contributed by atoms with Gasteiger partial charge in [-0.25, -0.2) is 0 Å². The first-order chi connectivity index (χ1) is 9.24. The van der Waals surface area contributed by atoms with Gasteiger partial charge in [-0.1, -0.05) is 12.1 Å². The third kappa shape index (κ3) is 4.89. The van der Waals surface area contributed by atoms with Gasteiger partial charge in [-0.3, -0.25) is 4.79 Å². The number of rotatable bonds is 5. The highest BCUT2D eigenvalue weighted by Crippen LogP contribution is 2.09. The van der Waals surface area contributed by atoms with Crippen LogP contribution in [0.1, 0.15) is 12.0 Å². The van der Waals surface area contributed by atoms with Gasteiger partial charge in [-0.15, -0.1) is 0 Å². The van der Waals surface area contributed by atoms with Gasteiger partial charge < -0.3 is 20.5 Å². The van der Waals surface area contributed by atoms with Crippen LogP contribution in [0.25, 0.3) is 0 Å². The van der Waals surface area contributed by atoms with E-state index in [2.05, 4.69) is 10.6 Å². The van der Waals surface area contributed by atoms with Crippen LogP contribution in [0.4, 0.5) is 0 Å². The van der Waals surface area contributed by atoms with Gasteiger partial charge in [0.25, 0.3) is 0 Å². The lowest BCUT2D eigenvalue weighted by Crippen LogP contribution is -2.41. The molecule has 0 saturated carbocycles. The predicted octanol–water partition coefficient (Wildman–Crippen LogP) is 0.429. The van der Waals surface area contributed by atoms with Crippen LogP contribution in [0, 0.1) is 0 Å². The van der Waals surface area contributed by atoms with E-state index in [0.717, 1.165) is 25.1 Å².